The van der Waals surface area contributed by atoms with E-state index < -0.39 is 0 Å². The third kappa shape index (κ3) is 8.91. The fourth-order valence-corrected chi connectivity index (χ4v) is 9.74. The van der Waals surface area contributed by atoms with E-state index in [1.807, 2.05) is 54.9 Å². The van der Waals surface area contributed by atoms with E-state index in [0.717, 1.165) is 92.5 Å². The van der Waals surface area contributed by atoms with Crippen molar-refractivity contribution in [3.05, 3.63) is 263 Å². The summed E-state index contributed by atoms with van der Waals surface area (Å²) in [4.78, 5) is 27.0. The number of aryl methyl sites for hydroxylation is 5. The lowest BCUT2D eigenvalue weighted by molar-refractivity contribution is 0.931. The Kier molecular flexibility index (Phi) is 11.8. The molecule has 0 radical (unpaired) electrons. The zero-order valence-corrected chi connectivity index (χ0v) is 38.8. The van der Waals surface area contributed by atoms with Gasteiger partial charge in [-0.05, 0) is 148 Å². The average Bonchev–Trinajstić information content (AvgIpc) is 3.42. The molecule has 5 nitrogen and oxygen atoms in total. The molecule has 5 heteroatoms. The van der Waals surface area contributed by atoms with E-state index in [1.165, 1.54) is 38.9 Å². The molecule has 332 valence electrons. The van der Waals surface area contributed by atoms with Crippen molar-refractivity contribution in [3.8, 4) is 67.0 Å². The van der Waals surface area contributed by atoms with Crippen molar-refractivity contribution >= 4 is 16.4 Å². The summed E-state index contributed by atoms with van der Waals surface area (Å²) in [7, 11) is 0. The van der Waals surface area contributed by atoms with Crippen molar-refractivity contribution in [3.63, 3.8) is 0 Å². The summed E-state index contributed by atoms with van der Waals surface area (Å²) in [5, 5.41) is 1.98. The van der Waals surface area contributed by atoms with Gasteiger partial charge in [0.1, 0.15) is 5.65 Å². The van der Waals surface area contributed by atoms with Crippen molar-refractivity contribution in [2.45, 2.75) is 39.5 Å². The maximum Gasteiger partial charge on any atom is 0.276 e. The summed E-state index contributed by atoms with van der Waals surface area (Å²) in [5.41, 5.74) is 20.6. The van der Waals surface area contributed by atoms with Crippen molar-refractivity contribution in [2.75, 3.05) is 0 Å². The van der Waals surface area contributed by atoms with Gasteiger partial charge in [-0.25, -0.2) is 0 Å². The highest BCUT2D eigenvalue weighted by Gasteiger charge is 2.19. The molecule has 0 aliphatic heterocycles. The standard InChI is InChI=1S/C64H50N4O/c1-43-44(2)68-39-36-58-59(63(68)67-64(43)69)35-34-57(62(58)53-32-30-50(31-33-53)49-12-4-3-5-13-49)56-15-7-6-14-55(56)54-41-47(20-18-45-22-26-51(27-23-45)60-16-8-10-37-65-60)40-48(42-54)21-19-46-24-28-52(29-25-46)61-17-9-11-38-66-61/h3-17,22-42H,18-21H2,1-2H3. The maximum absolute atomic E-state index is 13.2. The van der Waals surface area contributed by atoms with Gasteiger partial charge in [0.25, 0.3) is 5.56 Å². The Balaban J connectivity index is 1.01. The lowest BCUT2D eigenvalue weighted by Crippen LogP contribution is -2.16. The molecule has 7 aromatic carbocycles. The summed E-state index contributed by atoms with van der Waals surface area (Å²) in [6.45, 7) is 3.84. The molecule has 0 fully saturated rings. The Morgan fingerprint density at radius 3 is 1.52 bits per heavy atom. The highest BCUT2D eigenvalue weighted by Crippen LogP contribution is 2.43. The Hall–Kier alpha value is -8.54. The first-order valence-corrected chi connectivity index (χ1v) is 23.8. The highest BCUT2D eigenvalue weighted by atomic mass is 16.1. The SMILES string of the molecule is Cc1c(C)n2ccc3c(-c4ccc(-c5ccccc5)cc4)c(-c4ccccc4-c4cc(CCc5ccc(-c6ccccn6)cc5)cc(CCc5ccc(-c6ccccn6)cc5)c4)ccc3c2nc1=O. The van der Waals surface area contributed by atoms with Crippen LogP contribution in [0.5, 0.6) is 0 Å². The van der Waals surface area contributed by atoms with Crippen LogP contribution in [-0.2, 0) is 25.7 Å². The largest absolute Gasteiger partial charge is 0.305 e. The van der Waals surface area contributed by atoms with Gasteiger partial charge in [-0.15, -0.1) is 0 Å². The third-order valence-corrected chi connectivity index (χ3v) is 13.6. The molecule has 0 saturated carbocycles. The van der Waals surface area contributed by atoms with Crippen molar-refractivity contribution in [1.82, 2.24) is 19.4 Å². The van der Waals surface area contributed by atoms with Crippen LogP contribution in [0.2, 0.25) is 0 Å². The van der Waals surface area contributed by atoms with Gasteiger partial charge in [-0.3, -0.25) is 14.8 Å². The first kappa shape index (κ1) is 43.1. The van der Waals surface area contributed by atoms with Crippen LogP contribution < -0.4 is 5.56 Å². The number of benzene rings is 7. The molecule has 0 aliphatic rings. The number of fused-ring (bicyclic) bond motifs is 3. The van der Waals surface area contributed by atoms with Crippen molar-refractivity contribution in [2.24, 2.45) is 0 Å². The topological polar surface area (TPSA) is 60.1 Å². The zero-order valence-electron chi connectivity index (χ0n) is 38.8. The highest BCUT2D eigenvalue weighted by molar-refractivity contribution is 6.10. The molecule has 69 heavy (non-hydrogen) atoms. The van der Waals surface area contributed by atoms with Gasteiger partial charge >= 0.3 is 0 Å². The van der Waals surface area contributed by atoms with Crippen LogP contribution in [0.3, 0.4) is 0 Å². The minimum Gasteiger partial charge on any atom is -0.305 e. The zero-order chi connectivity index (χ0) is 46.7. The van der Waals surface area contributed by atoms with E-state index in [-0.39, 0.29) is 5.56 Å². The molecule has 0 saturated heterocycles. The second-order valence-corrected chi connectivity index (χ2v) is 17.9. The molecule has 11 aromatic rings. The number of hydrogen-bond acceptors (Lipinski definition) is 4. The predicted octanol–water partition coefficient (Wildman–Crippen LogP) is 14.8. The molecule has 0 N–H and O–H groups in total. The Morgan fingerprint density at radius 1 is 0.406 bits per heavy atom. The predicted molar refractivity (Wildman–Crippen MR) is 284 cm³/mol. The Bertz CT molecular complexity index is 3560. The van der Waals surface area contributed by atoms with Gasteiger partial charge in [0.15, 0.2) is 0 Å². The fraction of sp³-hybridized carbons (Fsp3) is 0.0938. The van der Waals surface area contributed by atoms with Gasteiger partial charge in [0.2, 0.25) is 0 Å². The number of hydrogen-bond donors (Lipinski definition) is 0. The van der Waals surface area contributed by atoms with E-state index >= 15 is 0 Å². The molecule has 0 aliphatic carbocycles. The van der Waals surface area contributed by atoms with E-state index in [9.17, 15) is 4.79 Å². The van der Waals surface area contributed by atoms with Gasteiger partial charge in [-0.1, -0.05) is 164 Å². The molecule has 11 rings (SSSR count). The average molecular weight is 891 g/mol. The van der Waals surface area contributed by atoms with Crippen LogP contribution in [0.25, 0.3) is 83.4 Å². The fourth-order valence-electron chi connectivity index (χ4n) is 9.74. The first-order valence-electron chi connectivity index (χ1n) is 23.8. The normalized spacial score (nSPS) is 11.3. The number of aromatic nitrogens is 4. The minimum absolute atomic E-state index is 0.193. The smallest absolute Gasteiger partial charge is 0.276 e. The van der Waals surface area contributed by atoms with E-state index in [2.05, 4.69) is 197 Å². The van der Waals surface area contributed by atoms with Gasteiger partial charge in [0.05, 0.1) is 11.4 Å². The third-order valence-electron chi connectivity index (χ3n) is 13.6. The summed E-state index contributed by atoms with van der Waals surface area (Å²) >= 11 is 0. The second kappa shape index (κ2) is 19.0. The quantitative estimate of drug-likeness (QED) is 0.115. The summed E-state index contributed by atoms with van der Waals surface area (Å²) in [5.74, 6) is 0. The van der Waals surface area contributed by atoms with Gasteiger partial charge in [-0.2, -0.15) is 4.98 Å². The van der Waals surface area contributed by atoms with Crippen LogP contribution in [0.4, 0.5) is 0 Å². The molecule has 4 heterocycles. The summed E-state index contributed by atoms with van der Waals surface area (Å²) in [6, 6.07) is 71.8. The maximum atomic E-state index is 13.2. The molecule has 0 atom stereocenters. The molecular weight excluding hydrogens is 841 g/mol. The molecule has 0 spiro atoms. The lowest BCUT2D eigenvalue weighted by atomic mass is 9.85. The lowest BCUT2D eigenvalue weighted by Gasteiger charge is -2.20. The van der Waals surface area contributed by atoms with E-state index in [4.69, 9.17) is 0 Å². The van der Waals surface area contributed by atoms with Gasteiger partial charge < -0.3 is 4.40 Å². The second-order valence-electron chi connectivity index (χ2n) is 17.9. The number of rotatable bonds is 12. The van der Waals surface area contributed by atoms with E-state index in [1.54, 1.807) is 0 Å². The first-order chi connectivity index (χ1) is 33.9. The monoisotopic (exact) mass is 890 g/mol. The minimum atomic E-state index is -0.193. The van der Waals surface area contributed by atoms with Crippen LogP contribution >= 0.6 is 0 Å². The molecule has 0 bridgehead atoms. The Morgan fingerprint density at radius 2 is 0.928 bits per heavy atom. The molecular formula is C64H50N4O. The van der Waals surface area contributed by atoms with Crippen LogP contribution in [0.1, 0.15) is 33.5 Å². The summed E-state index contributed by atoms with van der Waals surface area (Å²) < 4.78 is 2.05. The number of pyridine rings is 3. The molecule has 0 unspecified atom stereocenters. The Labute approximate surface area is 403 Å². The van der Waals surface area contributed by atoms with E-state index in [0.29, 0.717) is 11.2 Å². The van der Waals surface area contributed by atoms with Gasteiger partial charge in [0, 0.05) is 46.4 Å². The van der Waals surface area contributed by atoms with Crippen molar-refractivity contribution < 1.29 is 0 Å². The van der Waals surface area contributed by atoms with Crippen LogP contribution in [0, 0.1) is 13.8 Å². The number of nitrogens with zero attached hydrogens (tertiary/aromatic N) is 4. The molecule has 4 aromatic heterocycles. The van der Waals surface area contributed by atoms with Crippen LogP contribution in [-0.4, -0.2) is 19.4 Å². The molecule has 0 amide bonds. The van der Waals surface area contributed by atoms with Crippen LogP contribution in [0.15, 0.2) is 224 Å². The van der Waals surface area contributed by atoms with Crippen molar-refractivity contribution in [1.29, 1.82) is 0 Å². The summed E-state index contributed by atoms with van der Waals surface area (Å²) in [6.07, 6.45) is 9.39.